The van der Waals surface area contributed by atoms with Crippen molar-refractivity contribution < 1.29 is 14.9 Å². The molecular weight excluding hydrogens is 168 g/mol. The normalized spacial score (nSPS) is 10.5. The molecule has 1 aromatic rings. The van der Waals surface area contributed by atoms with Crippen molar-refractivity contribution in [3.8, 4) is 5.75 Å². The number of benzene rings is 1. The van der Waals surface area contributed by atoms with E-state index < -0.39 is 6.29 Å². The van der Waals surface area contributed by atoms with Gasteiger partial charge in [-0.15, -0.1) is 0 Å². The molecule has 0 unspecified atom stereocenters. The van der Waals surface area contributed by atoms with Gasteiger partial charge in [0.05, 0.1) is 6.61 Å². The van der Waals surface area contributed by atoms with Gasteiger partial charge < -0.3 is 14.9 Å². The third kappa shape index (κ3) is 3.44. The van der Waals surface area contributed by atoms with Crippen molar-refractivity contribution in [1.82, 2.24) is 0 Å². The van der Waals surface area contributed by atoms with E-state index in [1.165, 1.54) is 0 Å². The van der Waals surface area contributed by atoms with Gasteiger partial charge in [0, 0.05) is 6.42 Å². The first-order valence-electron chi connectivity index (χ1n) is 4.24. The van der Waals surface area contributed by atoms with Gasteiger partial charge in [-0.3, -0.25) is 0 Å². The molecule has 0 aromatic heterocycles. The summed E-state index contributed by atoms with van der Waals surface area (Å²) in [4.78, 5) is 0. The predicted octanol–water partition coefficient (Wildman–Crippen LogP) is 1.07. The van der Waals surface area contributed by atoms with Crippen LogP contribution in [-0.2, 0) is 0 Å². The molecule has 0 atom stereocenters. The van der Waals surface area contributed by atoms with Gasteiger partial charge in [-0.05, 0) is 18.6 Å². The Hall–Kier alpha value is -1.06. The summed E-state index contributed by atoms with van der Waals surface area (Å²) in [6, 6.07) is 7.63. The highest BCUT2D eigenvalue weighted by Gasteiger charge is 2.00. The molecule has 3 nitrogen and oxygen atoms in total. The largest absolute Gasteiger partial charge is 0.493 e. The fourth-order valence-corrected chi connectivity index (χ4v) is 0.993. The molecule has 0 heterocycles. The minimum atomic E-state index is -1.29. The minimum Gasteiger partial charge on any atom is -0.493 e. The lowest BCUT2D eigenvalue weighted by molar-refractivity contribution is -0.0520. The molecule has 0 amide bonds. The molecule has 0 aliphatic rings. The Balaban J connectivity index is 2.41. The molecular formula is C10H14O3. The summed E-state index contributed by atoms with van der Waals surface area (Å²) in [5.41, 5.74) is 1.05. The number of para-hydroxylation sites is 1. The van der Waals surface area contributed by atoms with Crippen LogP contribution in [0, 0.1) is 6.92 Å². The first-order valence-corrected chi connectivity index (χ1v) is 4.24. The fourth-order valence-electron chi connectivity index (χ4n) is 0.993. The SMILES string of the molecule is Cc1ccccc1OCCC(O)O. The summed E-state index contributed by atoms with van der Waals surface area (Å²) in [5.74, 6) is 0.795. The topological polar surface area (TPSA) is 49.7 Å². The molecule has 2 N–H and O–H groups in total. The fraction of sp³-hybridized carbons (Fsp3) is 0.400. The van der Waals surface area contributed by atoms with E-state index in [2.05, 4.69) is 0 Å². The summed E-state index contributed by atoms with van der Waals surface area (Å²) in [7, 11) is 0. The molecule has 0 aliphatic carbocycles. The highest BCUT2D eigenvalue weighted by atomic mass is 16.5. The summed E-state index contributed by atoms with van der Waals surface area (Å²) < 4.78 is 5.33. The Morgan fingerprint density at radius 1 is 1.31 bits per heavy atom. The zero-order chi connectivity index (χ0) is 9.68. The second-order valence-corrected chi connectivity index (χ2v) is 2.88. The van der Waals surface area contributed by atoms with Crippen LogP contribution in [0.4, 0.5) is 0 Å². The average Bonchev–Trinajstić information content (AvgIpc) is 2.08. The highest BCUT2D eigenvalue weighted by molar-refractivity contribution is 5.31. The van der Waals surface area contributed by atoms with Crippen molar-refractivity contribution in [1.29, 1.82) is 0 Å². The third-order valence-corrected chi connectivity index (χ3v) is 1.73. The van der Waals surface area contributed by atoms with Crippen LogP contribution >= 0.6 is 0 Å². The van der Waals surface area contributed by atoms with Crippen molar-refractivity contribution >= 4 is 0 Å². The Bertz CT molecular complexity index is 258. The van der Waals surface area contributed by atoms with E-state index in [9.17, 15) is 0 Å². The maximum absolute atomic E-state index is 8.58. The zero-order valence-electron chi connectivity index (χ0n) is 7.60. The smallest absolute Gasteiger partial charge is 0.154 e. The van der Waals surface area contributed by atoms with Crippen molar-refractivity contribution in [2.45, 2.75) is 19.6 Å². The summed E-state index contributed by atoms with van der Waals surface area (Å²) >= 11 is 0. The number of aliphatic hydroxyl groups is 2. The Morgan fingerprint density at radius 2 is 2.00 bits per heavy atom. The van der Waals surface area contributed by atoms with E-state index in [0.29, 0.717) is 6.61 Å². The van der Waals surface area contributed by atoms with E-state index in [1.54, 1.807) is 0 Å². The second kappa shape index (κ2) is 4.84. The molecule has 0 saturated heterocycles. The summed E-state index contributed by atoms with van der Waals surface area (Å²) in [6.45, 7) is 2.27. The summed E-state index contributed by atoms with van der Waals surface area (Å²) in [6.07, 6.45) is -1.06. The van der Waals surface area contributed by atoms with E-state index >= 15 is 0 Å². The van der Waals surface area contributed by atoms with E-state index in [1.807, 2.05) is 31.2 Å². The van der Waals surface area contributed by atoms with Crippen molar-refractivity contribution in [2.24, 2.45) is 0 Å². The maximum Gasteiger partial charge on any atom is 0.154 e. The standard InChI is InChI=1S/C10H14O3/c1-8-4-2-3-5-9(8)13-7-6-10(11)12/h2-5,10-12H,6-7H2,1H3. The molecule has 0 bridgehead atoms. The lowest BCUT2D eigenvalue weighted by Gasteiger charge is -2.08. The van der Waals surface area contributed by atoms with Gasteiger partial charge in [0.2, 0.25) is 0 Å². The number of hydrogen-bond acceptors (Lipinski definition) is 3. The van der Waals surface area contributed by atoms with Gasteiger partial charge in [-0.25, -0.2) is 0 Å². The van der Waals surface area contributed by atoms with Crippen molar-refractivity contribution in [3.05, 3.63) is 29.8 Å². The van der Waals surface area contributed by atoms with Crippen molar-refractivity contribution in [3.63, 3.8) is 0 Å². The Kier molecular flexibility index (Phi) is 3.73. The molecule has 3 heteroatoms. The summed E-state index contributed by atoms with van der Waals surface area (Å²) in [5, 5.41) is 17.2. The Labute approximate surface area is 77.6 Å². The van der Waals surface area contributed by atoms with Gasteiger partial charge >= 0.3 is 0 Å². The lowest BCUT2D eigenvalue weighted by Crippen LogP contribution is -2.10. The van der Waals surface area contributed by atoms with Crippen LogP contribution in [0.5, 0.6) is 5.75 Å². The van der Waals surface area contributed by atoms with E-state index in [0.717, 1.165) is 11.3 Å². The van der Waals surface area contributed by atoms with E-state index in [-0.39, 0.29) is 6.42 Å². The van der Waals surface area contributed by atoms with Crippen molar-refractivity contribution in [2.75, 3.05) is 6.61 Å². The van der Waals surface area contributed by atoms with Crippen LogP contribution in [-0.4, -0.2) is 23.1 Å². The molecule has 0 fully saturated rings. The Morgan fingerprint density at radius 3 is 2.62 bits per heavy atom. The predicted molar refractivity (Wildman–Crippen MR) is 49.5 cm³/mol. The monoisotopic (exact) mass is 182 g/mol. The maximum atomic E-state index is 8.58. The molecule has 0 spiro atoms. The average molecular weight is 182 g/mol. The molecule has 0 aliphatic heterocycles. The zero-order valence-corrected chi connectivity index (χ0v) is 7.60. The van der Waals surface area contributed by atoms with Crippen LogP contribution < -0.4 is 4.74 Å². The molecule has 1 aromatic carbocycles. The third-order valence-electron chi connectivity index (χ3n) is 1.73. The minimum absolute atomic E-state index is 0.230. The molecule has 0 saturated carbocycles. The van der Waals surface area contributed by atoms with Crippen LogP contribution in [0.1, 0.15) is 12.0 Å². The number of ether oxygens (including phenoxy) is 1. The lowest BCUT2D eigenvalue weighted by atomic mass is 10.2. The number of hydrogen-bond donors (Lipinski definition) is 2. The molecule has 13 heavy (non-hydrogen) atoms. The van der Waals surface area contributed by atoms with Gasteiger partial charge in [-0.2, -0.15) is 0 Å². The van der Waals surface area contributed by atoms with Crippen LogP contribution in [0.2, 0.25) is 0 Å². The van der Waals surface area contributed by atoms with Gasteiger partial charge in [0.25, 0.3) is 0 Å². The highest BCUT2D eigenvalue weighted by Crippen LogP contribution is 2.16. The second-order valence-electron chi connectivity index (χ2n) is 2.88. The van der Waals surface area contributed by atoms with Gasteiger partial charge in [-0.1, -0.05) is 18.2 Å². The van der Waals surface area contributed by atoms with Gasteiger partial charge in [0.15, 0.2) is 6.29 Å². The van der Waals surface area contributed by atoms with Crippen LogP contribution in [0.15, 0.2) is 24.3 Å². The van der Waals surface area contributed by atoms with E-state index in [4.69, 9.17) is 14.9 Å². The first kappa shape index (κ1) is 10.0. The van der Waals surface area contributed by atoms with Crippen LogP contribution in [0.3, 0.4) is 0 Å². The van der Waals surface area contributed by atoms with Crippen LogP contribution in [0.25, 0.3) is 0 Å². The quantitative estimate of drug-likeness (QED) is 0.685. The molecule has 0 radical (unpaired) electrons. The number of aliphatic hydroxyl groups excluding tert-OH is 1. The number of aryl methyl sites for hydroxylation is 1. The number of rotatable bonds is 4. The first-order chi connectivity index (χ1) is 6.20. The van der Waals surface area contributed by atoms with Gasteiger partial charge in [0.1, 0.15) is 5.75 Å². The molecule has 72 valence electrons. The molecule has 1 rings (SSSR count).